The number of benzene rings is 6. The van der Waals surface area contributed by atoms with Gasteiger partial charge in [0.05, 0.1) is 35.4 Å². The molecule has 0 radical (unpaired) electrons. The first-order valence-corrected chi connectivity index (χ1v) is 25.4. The Balaban J connectivity index is 0.000000270. The minimum absolute atomic E-state index is 0.184. The Kier molecular flexibility index (Phi) is 17.7. The van der Waals surface area contributed by atoms with Gasteiger partial charge in [0.2, 0.25) is 0 Å². The lowest BCUT2D eigenvalue weighted by Gasteiger charge is -2.57. The predicted molar refractivity (Wildman–Crippen MR) is 262 cm³/mol. The molecule has 28 heteroatoms. The average molecular weight is 1250 g/mol. The van der Waals surface area contributed by atoms with Crippen molar-refractivity contribution in [2.24, 2.45) is 0 Å². The molecule has 10 rings (SSSR count). The fourth-order valence-corrected chi connectivity index (χ4v) is 11.9. The molecule has 4 atom stereocenters. The lowest BCUT2D eigenvalue weighted by molar-refractivity contribution is -0.789. The third kappa shape index (κ3) is 10.0. The molecule has 0 heterocycles. The van der Waals surface area contributed by atoms with Gasteiger partial charge in [-0.05, 0) is 41.8 Å². The number of allylic oxidation sites excluding steroid dienone is 4. The lowest BCUT2D eigenvalue weighted by Crippen LogP contribution is -2.96. The number of hydrogen-bond donors (Lipinski definition) is 1. The molecule has 0 saturated carbocycles. The summed E-state index contributed by atoms with van der Waals surface area (Å²) in [6.07, 6.45) is -5.49. The van der Waals surface area contributed by atoms with E-state index in [0.29, 0.717) is 19.9 Å². The fourth-order valence-electron chi connectivity index (χ4n) is 11.9. The van der Waals surface area contributed by atoms with Gasteiger partial charge < -0.3 is 0 Å². The van der Waals surface area contributed by atoms with Gasteiger partial charge in [-0.2, -0.15) is 17.6 Å². The van der Waals surface area contributed by atoms with Crippen LogP contribution in [0.15, 0.2) is 108 Å². The average Bonchev–Trinajstić information content (AvgIpc) is 1.54. The minimum Gasteiger partial charge on any atom is -0.282 e. The molecule has 0 amide bonds. The van der Waals surface area contributed by atoms with Crippen molar-refractivity contribution in [2.75, 3.05) is 7.05 Å². The second-order valence-electron chi connectivity index (χ2n) is 20.2. The first-order valence-electron chi connectivity index (χ1n) is 25.4. The van der Waals surface area contributed by atoms with E-state index >= 15 is 70.2 Å². The van der Waals surface area contributed by atoms with E-state index in [9.17, 15) is 43.9 Å². The van der Waals surface area contributed by atoms with Crippen LogP contribution in [0.2, 0.25) is 0 Å². The summed E-state index contributed by atoms with van der Waals surface area (Å²) in [4.78, 5) is 0. The van der Waals surface area contributed by atoms with Gasteiger partial charge in [0.25, 0.3) is 0 Å². The smallest absolute Gasteiger partial charge is 0.282 e. The van der Waals surface area contributed by atoms with Crippen LogP contribution in [-0.4, -0.2) is 31.1 Å². The van der Waals surface area contributed by atoms with E-state index in [0.717, 1.165) is 6.42 Å². The van der Waals surface area contributed by atoms with Crippen molar-refractivity contribution in [3.8, 4) is 11.1 Å². The van der Waals surface area contributed by atoms with Crippen molar-refractivity contribution >= 4 is 29.5 Å². The summed E-state index contributed by atoms with van der Waals surface area (Å²) in [6, 6.07) is 14.5. The number of fused-ring (bicyclic) bond motifs is 4. The quantitative estimate of drug-likeness (QED) is 0.0390. The lowest BCUT2D eigenvalue weighted by atomic mass is 9.02. The van der Waals surface area contributed by atoms with Crippen molar-refractivity contribution in [1.82, 2.24) is 0 Å². The monoisotopic (exact) mass is 1250 g/mol. The Morgan fingerprint density at radius 2 is 0.640 bits per heavy atom. The molecule has 6 aromatic rings. The van der Waals surface area contributed by atoms with Crippen molar-refractivity contribution < 1.29 is 119 Å². The SMILES string of the molecule is CCCCCCC(F)(F)C(F)(F)C(F)(F)[NH2+]C.FC1=C(F)C([B-](C2C(F)=C(F)c3c2cc(F)c(F)c3F)(C2C(F)=C(F)c3c2cc(F)c(F)c3F)C2C(F)=C(F)c3c2cc(F)c(F)c3F)c2cc(F)c(F)c(F)c21.c1ccc(-c2ccccc2)cc1. The molecule has 4 aliphatic rings. The molecule has 0 bridgehead atoms. The van der Waals surface area contributed by atoms with E-state index < -0.39 is 215 Å². The maximum atomic E-state index is 16.9. The van der Waals surface area contributed by atoms with E-state index in [1.165, 1.54) is 11.1 Å². The molecule has 0 spiro atoms. The molecule has 0 aliphatic heterocycles. The highest BCUT2D eigenvalue weighted by molar-refractivity contribution is 6.88. The van der Waals surface area contributed by atoms with Crippen molar-refractivity contribution in [3.63, 3.8) is 0 Å². The van der Waals surface area contributed by atoms with Crippen molar-refractivity contribution in [2.45, 2.75) is 80.2 Å². The minimum atomic E-state index is -5.79. The Labute approximate surface area is 468 Å². The molecule has 4 unspecified atom stereocenters. The molecule has 6 aromatic carbocycles. The molecule has 0 saturated heterocycles. The van der Waals surface area contributed by atoms with Gasteiger partial charge in [-0.1, -0.05) is 132 Å². The molecule has 4 aliphatic carbocycles. The Morgan fingerprint density at radius 1 is 0.372 bits per heavy atom. The summed E-state index contributed by atoms with van der Waals surface area (Å²) in [5, 5.41) is -0.188. The van der Waals surface area contributed by atoms with Crippen LogP contribution in [-0.2, 0) is 0 Å². The normalized spacial score (nSPS) is 18.9. The van der Waals surface area contributed by atoms with Gasteiger partial charge in [-0.15, -0.1) is 8.78 Å². The number of nitrogens with two attached hydrogens (primary N) is 1. The van der Waals surface area contributed by atoms with Crippen LogP contribution in [0.25, 0.3) is 34.4 Å². The zero-order valence-electron chi connectivity index (χ0n) is 43.4. The fraction of sp³-hybridized carbons (Fsp3) is 0.241. The van der Waals surface area contributed by atoms with Crippen LogP contribution in [0.1, 0.15) is 107 Å². The molecular formula is C58H36BF26N. The highest BCUT2D eigenvalue weighted by Crippen LogP contribution is 2.71. The van der Waals surface area contributed by atoms with Gasteiger partial charge in [0, 0.05) is 6.42 Å². The maximum Gasteiger partial charge on any atom is 0.458 e. The second-order valence-corrected chi connectivity index (χ2v) is 20.2. The molecule has 2 N–H and O–H groups in total. The number of quaternary nitrogens is 1. The van der Waals surface area contributed by atoms with Crippen LogP contribution in [0.5, 0.6) is 0 Å². The Morgan fingerprint density at radius 3 is 0.884 bits per heavy atom. The topological polar surface area (TPSA) is 16.6 Å². The zero-order chi connectivity index (χ0) is 63.8. The summed E-state index contributed by atoms with van der Waals surface area (Å²) in [5.41, 5.74) is -12.9. The number of alkyl halides is 6. The van der Waals surface area contributed by atoms with Gasteiger partial charge in [0.15, 0.2) is 93.1 Å². The van der Waals surface area contributed by atoms with Gasteiger partial charge >= 0.3 is 17.9 Å². The molecule has 0 aromatic heterocycles. The Hall–Kier alpha value is -7.52. The summed E-state index contributed by atoms with van der Waals surface area (Å²) in [5.74, 6) is -77.9. The first-order chi connectivity index (χ1) is 40.2. The maximum absolute atomic E-state index is 16.9. The van der Waals surface area contributed by atoms with E-state index in [4.69, 9.17) is 0 Å². The third-order valence-electron chi connectivity index (χ3n) is 15.7. The second kappa shape index (κ2) is 23.6. The summed E-state index contributed by atoms with van der Waals surface area (Å²) in [6.45, 7) is 1.83. The molecule has 1 nitrogen and oxygen atoms in total. The van der Waals surface area contributed by atoms with E-state index in [1.807, 2.05) is 19.1 Å². The van der Waals surface area contributed by atoms with Crippen molar-refractivity contribution in [3.05, 3.63) is 223 Å². The Bertz CT molecular complexity index is 3410. The number of unbranched alkanes of at least 4 members (excludes halogenated alkanes) is 3. The van der Waals surface area contributed by atoms with Crippen molar-refractivity contribution in [1.29, 1.82) is 0 Å². The highest BCUT2D eigenvalue weighted by Gasteiger charge is 2.74. The van der Waals surface area contributed by atoms with E-state index in [-0.39, 0.29) is 36.0 Å². The summed E-state index contributed by atoms with van der Waals surface area (Å²) >= 11 is 0. The number of rotatable bonds is 13. The third-order valence-corrected chi connectivity index (χ3v) is 15.7. The van der Waals surface area contributed by atoms with Gasteiger partial charge in [-0.3, -0.25) is 5.32 Å². The van der Waals surface area contributed by atoms with Crippen LogP contribution < -0.4 is 5.32 Å². The zero-order valence-corrected chi connectivity index (χ0v) is 43.4. The van der Waals surface area contributed by atoms with Crippen LogP contribution in [0.4, 0.5) is 114 Å². The largest absolute Gasteiger partial charge is 0.458 e. The van der Waals surface area contributed by atoms with E-state index in [1.54, 1.807) is 0 Å². The standard InChI is InChI=1S/C36H8BF20.C12H10.C10H17F6N/c38-9-1-5-13(25(46)21(9)42)29(50)33(54)17(5)37(18-6-2-10(39)22(43)26(47)14(6)30(51)34(18)55,19-7-3-11(40)23(44)27(48)15(7)31(52)35(19)56)20-8-4-12(41)24(45)28(49)16(8)32(53)36(20)57;1-3-7-11(8-4-1)12-9-5-2-6-10-12;1-3-4-5-6-7-8(11,12)9(13,14)10(15,16)17-2/h1-4,17-20H;1-10H;17H,3-7H2,1-2H3/q-1;;/p+1. The summed E-state index contributed by atoms with van der Waals surface area (Å²) in [7, 11) is 0.640. The predicted octanol–water partition coefficient (Wildman–Crippen LogP) is 19.2. The molecule has 86 heavy (non-hydrogen) atoms. The number of halogens is 26. The van der Waals surface area contributed by atoms with Crippen LogP contribution in [0, 0.1) is 69.8 Å². The van der Waals surface area contributed by atoms with Gasteiger partial charge in [-0.25, -0.2) is 87.8 Å². The highest BCUT2D eigenvalue weighted by atomic mass is 19.3. The van der Waals surface area contributed by atoms with Gasteiger partial charge in [0.1, 0.15) is 23.3 Å². The number of hydrogen-bond acceptors (Lipinski definition) is 0. The molecular weight excluding hydrogens is 1220 g/mol. The van der Waals surface area contributed by atoms with Crippen LogP contribution >= 0.6 is 0 Å². The first kappa shape index (κ1) is 64.5. The molecule has 0 fully saturated rings. The van der Waals surface area contributed by atoms with E-state index in [2.05, 4.69) is 48.5 Å². The van der Waals surface area contributed by atoms with Crippen LogP contribution in [0.3, 0.4) is 0 Å². The summed E-state index contributed by atoms with van der Waals surface area (Å²) < 4.78 is 389. The molecule has 458 valence electrons.